The van der Waals surface area contributed by atoms with Crippen LogP contribution in [0.15, 0.2) is 22.7 Å². The number of hydrogen-bond donors (Lipinski definition) is 1. The first kappa shape index (κ1) is 13.7. The molecule has 0 aliphatic rings. The summed E-state index contributed by atoms with van der Waals surface area (Å²) in [4.78, 5) is 4.40. The Morgan fingerprint density at radius 1 is 1.16 bits per heavy atom. The molecule has 1 heterocycles. The van der Waals surface area contributed by atoms with Crippen LogP contribution in [-0.2, 0) is 13.0 Å². The van der Waals surface area contributed by atoms with Gasteiger partial charge < -0.3 is 9.84 Å². The van der Waals surface area contributed by atoms with E-state index in [1.165, 1.54) is 16.7 Å². The average Bonchev–Trinajstić information content (AvgIpc) is 2.76. The van der Waals surface area contributed by atoms with Crippen molar-refractivity contribution >= 4 is 0 Å². The molecule has 0 aliphatic carbocycles. The highest BCUT2D eigenvalue weighted by atomic mass is 16.5. The second-order valence-corrected chi connectivity index (χ2v) is 4.95. The molecular weight excluding hydrogens is 238 g/mol. The van der Waals surface area contributed by atoms with E-state index in [1.807, 2.05) is 0 Å². The normalized spacial score (nSPS) is 10.9. The van der Waals surface area contributed by atoms with Crippen molar-refractivity contribution in [1.29, 1.82) is 0 Å². The molecule has 0 saturated heterocycles. The van der Waals surface area contributed by atoms with E-state index >= 15 is 0 Å². The zero-order valence-electron chi connectivity index (χ0n) is 11.9. The molecule has 2 rings (SSSR count). The first-order chi connectivity index (χ1) is 9.17. The van der Waals surface area contributed by atoms with Gasteiger partial charge in [-0.2, -0.15) is 4.98 Å². The van der Waals surface area contributed by atoms with E-state index in [2.05, 4.69) is 54.4 Å². The Morgan fingerprint density at radius 2 is 1.89 bits per heavy atom. The zero-order valence-corrected chi connectivity index (χ0v) is 11.9. The minimum absolute atomic E-state index is 0.647. The lowest BCUT2D eigenvalue weighted by atomic mass is 10.1. The SMILES string of the molecule is CCCNCc1nc(Cc2cc(C)cc(C)c2)no1. The summed E-state index contributed by atoms with van der Waals surface area (Å²) in [5.41, 5.74) is 3.76. The number of rotatable bonds is 6. The maximum Gasteiger partial charge on any atom is 0.240 e. The summed E-state index contributed by atoms with van der Waals surface area (Å²) in [6.45, 7) is 7.95. The van der Waals surface area contributed by atoms with Crippen molar-refractivity contribution in [3.05, 3.63) is 46.6 Å². The zero-order chi connectivity index (χ0) is 13.7. The molecule has 19 heavy (non-hydrogen) atoms. The van der Waals surface area contributed by atoms with E-state index in [4.69, 9.17) is 4.52 Å². The summed E-state index contributed by atoms with van der Waals surface area (Å²) in [6, 6.07) is 6.50. The molecule has 0 aliphatic heterocycles. The quantitative estimate of drug-likeness (QED) is 0.810. The summed E-state index contributed by atoms with van der Waals surface area (Å²) in [5, 5.41) is 7.27. The third-order valence-electron chi connectivity index (χ3n) is 2.86. The Labute approximate surface area is 114 Å². The molecule has 2 aromatic rings. The van der Waals surface area contributed by atoms with Gasteiger partial charge in [0.15, 0.2) is 5.82 Å². The predicted octanol–water partition coefficient (Wildman–Crippen LogP) is 2.78. The summed E-state index contributed by atoms with van der Waals surface area (Å²) < 4.78 is 5.22. The molecular formula is C15H21N3O. The molecule has 1 aromatic heterocycles. The van der Waals surface area contributed by atoms with Gasteiger partial charge in [-0.3, -0.25) is 0 Å². The van der Waals surface area contributed by atoms with Crippen molar-refractivity contribution in [2.24, 2.45) is 0 Å². The molecule has 0 fully saturated rings. The Kier molecular flexibility index (Phi) is 4.68. The molecule has 0 bridgehead atoms. The number of aromatic nitrogens is 2. The van der Waals surface area contributed by atoms with E-state index in [1.54, 1.807) is 0 Å². The van der Waals surface area contributed by atoms with E-state index < -0.39 is 0 Å². The van der Waals surface area contributed by atoms with Crippen LogP contribution in [0.4, 0.5) is 0 Å². The number of nitrogens with one attached hydrogen (secondary N) is 1. The van der Waals surface area contributed by atoms with Gasteiger partial charge in [-0.1, -0.05) is 41.4 Å². The molecule has 4 heteroatoms. The fraction of sp³-hybridized carbons (Fsp3) is 0.467. The Bertz CT molecular complexity index is 514. The highest BCUT2D eigenvalue weighted by Crippen LogP contribution is 2.12. The molecule has 0 spiro atoms. The third-order valence-corrected chi connectivity index (χ3v) is 2.86. The van der Waals surface area contributed by atoms with Crippen LogP contribution in [0.3, 0.4) is 0 Å². The Hall–Kier alpha value is -1.68. The molecule has 4 nitrogen and oxygen atoms in total. The summed E-state index contributed by atoms with van der Waals surface area (Å²) >= 11 is 0. The van der Waals surface area contributed by atoms with Crippen LogP contribution in [-0.4, -0.2) is 16.7 Å². The molecule has 1 N–H and O–H groups in total. The Morgan fingerprint density at radius 3 is 2.58 bits per heavy atom. The van der Waals surface area contributed by atoms with E-state index in [0.29, 0.717) is 12.4 Å². The molecule has 102 valence electrons. The standard InChI is InChI=1S/C15H21N3O/c1-4-5-16-10-15-17-14(18-19-15)9-13-7-11(2)6-12(3)8-13/h6-8,16H,4-5,9-10H2,1-3H3. The summed E-state index contributed by atoms with van der Waals surface area (Å²) in [5.74, 6) is 1.41. The minimum atomic E-state index is 0.647. The van der Waals surface area contributed by atoms with Gasteiger partial charge in [0.05, 0.1) is 6.54 Å². The van der Waals surface area contributed by atoms with Gasteiger partial charge in [-0.25, -0.2) is 0 Å². The van der Waals surface area contributed by atoms with Gasteiger partial charge in [0.1, 0.15) is 0 Å². The van der Waals surface area contributed by atoms with Crippen LogP contribution in [0.1, 0.15) is 41.8 Å². The number of benzene rings is 1. The highest BCUT2D eigenvalue weighted by Gasteiger charge is 2.07. The van der Waals surface area contributed by atoms with E-state index in [0.717, 1.165) is 25.2 Å². The lowest BCUT2D eigenvalue weighted by molar-refractivity contribution is 0.363. The van der Waals surface area contributed by atoms with Crippen LogP contribution in [0.5, 0.6) is 0 Å². The molecule has 0 saturated carbocycles. The third kappa shape index (κ3) is 4.17. The van der Waals surface area contributed by atoms with Crippen molar-refractivity contribution < 1.29 is 4.52 Å². The Balaban J connectivity index is 1.99. The fourth-order valence-corrected chi connectivity index (χ4v) is 2.16. The van der Waals surface area contributed by atoms with Crippen LogP contribution in [0.25, 0.3) is 0 Å². The van der Waals surface area contributed by atoms with Crippen LogP contribution in [0, 0.1) is 13.8 Å². The number of aryl methyl sites for hydroxylation is 2. The van der Waals surface area contributed by atoms with E-state index in [-0.39, 0.29) is 0 Å². The second kappa shape index (κ2) is 6.48. The predicted molar refractivity (Wildman–Crippen MR) is 75.0 cm³/mol. The van der Waals surface area contributed by atoms with Crippen molar-refractivity contribution in [2.45, 2.75) is 40.2 Å². The van der Waals surface area contributed by atoms with Gasteiger partial charge in [-0.05, 0) is 32.4 Å². The molecule has 0 amide bonds. The van der Waals surface area contributed by atoms with E-state index in [9.17, 15) is 0 Å². The monoisotopic (exact) mass is 259 g/mol. The second-order valence-electron chi connectivity index (χ2n) is 4.95. The first-order valence-corrected chi connectivity index (χ1v) is 6.76. The van der Waals surface area contributed by atoms with Gasteiger partial charge >= 0.3 is 0 Å². The fourth-order valence-electron chi connectivity index (χ4n) is 2.16. The van der Waals surface area contributed by atoms with Crippen molar-refractivity contribution in [3.63, 3.8) is 0 Å². The minimum Gasteiger partial charge on any atom is -0.338 e. The number of hydrogen-bond acceptors (Lipinski definition) is 4. The summed E-state index contributed by atoms with van der Waals surface area (Å²) in [7, 11) is 0. The lowest BCUT2D eigenvalue weighted by Gasteiger charge is -2.01. The van der Waals surface area contributed by atoms with Gasteiger partial charge in [0.2, 0.25) is 5.89 Å². The van der Waals surface area contributed by atoms with Crippen LogP contribution in [0.2, 0.25) is 0 Å². The van der Waals surface area contributed by atoms with Crippen molar-refractivity contribution in [2.75, 3.05) is 6.54 Å². The van der Waals surface area contributed by atoms with Crippen LogP contribution >= 0.6 is 0 Å². The maximum absolute atomic E-state index is 5.22. The highest BCUT2D eigenvalue weighted by molar-refractivity contribution is 5.30. The smallest absolute Gasteiger partial charge is 0.240 e. The average molecular weight is 259 g/mol. The largest absolute Gasteiger partial charge is 0.338 e. The van der Waals surface area contributed by atoms with Gasteiger partial charge in [-0.15, -0.1) is 0 Å². The first-order valence-electron chi connectivity index (χ1n) is 6.76. The molecule has 0 radical (unpaired) electrons. The molecule has 0 unspecified atom stereocenters. The lowest BCUT2D eigenvalue weighted by Crippen LogP contribution is -2.13. The summed E-state index contributed by atoms with van der Waals surface area (Å²) in [6.07, 6.45) is 1.82. The molecule has 0 atom stereocenters. The van der Waals surface area contributed by atoms with Crippen LogP contribution < -0.4 is 5.32 Å². The topological polar surface area (TPSA) is 51.0 Å². The van der Waals surface area contributed by atoms with Gasteiger partial charge in [0, 0.05) is 6.42 Å². The number of nitrogens with zero attached hydrogens (tertiary/aromatic N) is 2. The van der Waals surface area contributed by atoms with Crippen molar-refractivity contribution in [3.8, 4) is 0 Å². The maximum atomic E-state index is 5.22. The molecule has 1 aromatic carbocycles. The van der Waals surface area contributed by atoms with Gasteiger partial charge in [0.25, 0.3) is 0 Å². The van der Waals surface area contributed by atoms with Crippen molar-refractivity contribution in [1.82, 2.24) is 15.5 Å².